The summed E-state index contributed by atoms with van der Waals surface area (Å²) in [6, 6.07) is 14.4. The summed E-state index contributed by atoms with van der Waals surface area (Å²) in [5.41, 5.74) is 1.21. The Hall–Kier alpha value is -3.60. The van der Waals surface area contributed by atoms with Crippen LogP contribution in [-0.2, 0) is 14.3 Å². The number of hydrogen-bond acceptors (Lipinski definition) is 7. The maximum absolute atomic E-state index is 12.5. The molecule has 3 amide bonds. The maximum atomic E-state index is 12.5. The van der Waals surface area contributed by atoms with Gasteiger partial charge in [0.2, 0.25) is 11.8 Å². The molecule has 2 aromatic carbocycles. The molecule has 2 aliphatic heterocycles. The highest BCUT2D eigenvalue weighted by molar-refractivity contribution is 9.10. The highest BCUT2D eigenvalue weighted by Crippen LogP contribution is 2.34. The summed E-state index contributed by atoms with van der Waals surface area (Å²) >= 11 is 3.40. The lowest BCUT2D eigenvalue weighted by molar-refractivity contribution is -0.120. The second kappa shape index (κ2) is 13.4. The molecule has 0 aliphatic carbocycles. The van der Waals surface area contributed by atoms with Crippen molar-refractivity contribution in [3.05, 3.63) is 58.9 Å². The molecule has 2 fully saturated rings. The van der Waals surface area contributed by atoms with Gasteiger partial charge in [0, 0.05) is 17.6 Å². The molecule has 0 unspecified atom stereocenters. The number of carbonyl (C=O) groups is 3. The first-order valence-electron chi connectivity index (χ1n) is 14.6. The molecular formula is C32H41BrN4O6. The van der Waals surface area contributed by atoms with E-state index in [-0.39, 0.29) is 18.0 Å². The second-order valence-electron chi connectivity index (χ2n) is 12.7. The van der Waals surface area contributed by atoms with E-state index in [4.69, 9.17) is 13.9 Å². The summed E-state index contributed by atoms with van der Waals surface area (Å²) in [6.07, 6.45) is 2.50. The quantitative estimate of drug-likeness (QED) is 0.307. The number of nitrogens with zero attached hydrogens (tertiary/aromatic N) is 3. The van der Waals surface area contributed by atoms with E-state index in [0.717, 1.165) is 34.8 Å². The van der Waals surface area contributed by atoms with Crippen LogP contribution in [0.3, 0.4) is 0 Å². The fourth-order valence-electron chi connectivity index (χ4n) is 4.95. The number of hydrogen-bond donors (Lipinski definition) is 1. The zero-order chi connectivity index (χ0) is 31.4. The first kappa shape index (κ1) is 32.3. The number of fused-ring (bicyclic) bond motifs is 1. The minimum absolute atomic E-state index is 0.132. The number of para-hydroxylation sites is 3. The van der Waals surface area contributed by atoms with Crippen molar-refractivity contribution in [2.24, 2.45) is 0 Å². The summed E-state index contributed by atoms with van der Waals surface area (Å²) in [4.78, 5) is 44.7. The molecule has 2 saturated heterocycles. The van der Waals surface area contributed by atoms with Gasteiger partial charge >= 0.3 is 12.2 Å². The maximum Gasteiger partial charge on any atom is 0.410 e. The van der Waals surface area contributed by atoms with Gasteiger partial charge in [0.25, 0.3) is 0 Å². The molecule has 2 atom stereocenters. The average molecular weight is 658 g/mol. The van der Waals surface area contributed by atoms with Crippen LogP contribution >= 0.6 is 15.9 Å². The number of oxazole rings is 1. The molecule has 0 saturated carbocycles. The van der Waals surface area contributed by atoms with Crippen molar-refractivity contribution in [3.63, 3.8) is 0 Å². The number of aromatic nitrogens is 1. The Labute approximate surface area is 261 Å². The number of likely N-dealkylation sites (tertiary alicyclic amines) is 2. The van der Waals surface area contributed by atoms with Crippen LogP contribution in [0.4, 0.5) is 15.3 Å². The highest BCUT2D eigenvalue weighted by Gasteiger charge is 2.37. The lowest BCUT2D eigenvalue weighted by Crippen LogP contribution is -2.45. The van der Waals surface area contributed by atoms with E-state index < -0.39 is 23.3 Å². The Bertz CT molecular complexity index is 1410. The SMILES string of the molecule is CC(C)(C)OC(=O)N1CCC[C@@H]1C(=O)Nc1ccccc1Br.CC(C)(C)OC(=O)N1CCC[C@@H]1c1nc2ccccc2o1. The zero-order valence-corrected chi connectivity index (χ0v) is 27.3. The van der Waals surface area contributed by atoms with Gasteiger partial charge in [-0.2, -0.15) is 0 Å². The topological polar surface area (TPSA) is 114 Å². The molecule has 232 valence electrons. The zero-order valence-electron chi connectivity index (χ0n) is 25.7. The van der Waals surface area contributed by atoms with Crippen molar-refractivity contribution >= 4 is 50.8 Å². The van der Waals surface area contributed by atoms with Crippen molar-refractivity contribution in [1.82, 2.24) is 14.8 Å². The molecule has 2 aliphatic rings. The summed E-state index contributed by atoms with van der Waals surface area (Å²) in [5, 5.41) is 2.86. The average Bonchev–Trinajstić information content (AvgIpc) is 3.67. The number of halogens is 1. The number of anilines is 1. The van der Waals surface area contributed by atoms with Gasteiger partial charge in [-0.1, -0.05) is 24.3 Å². The predicted octanol–water partition coefficient (Wildman–Crippen LogP) is 7.69. The van der Waals surface area contributed by atoms with E-state index in [2.05, 4.69) is 26.2 Å². The van der Waals surface area contributed by atoms with Crippen LogP contribution in [0.15, 0.2) is 57.4 Å². The van der Waals surface area contributed by atoms with Crippen LogP contribution in [-0.4, -0.2) is 63.2 Å². The van der Waals surface area contributed by atoms with Crippen LogP contribution in [0.1, 0.15) is 79.2 Å². The van der Waals surface area contributed by atoms with Crippen molar-refractivity contribution in [3.8, 4) is 0 Å². The number of rotatable bonds is 3. The number of ether oxygens (including phenoxy) is 2. The minimum atomic E-state index is -0.566. The molecule has 0 radical (unpaired) electrons. The molecule has 0 spiro atoms. The van der Waals surface area contributed by atoms with Crippen LogP contribution in [0.2, 0.25) is 0 Å². The van der Waals surface area contributed by atoms with Crippen LogP contribution in [0, 0.1) is 0 Å². The van der Waals surface area contributed by atoms with Crippen molar-refractivity contribution in [2.75, 3.05) is 18.4 Å². The second-order valence-corrected chi connectivity index (χ2v) is 13.5. The van der Waals surface area contributed by atoms with E-state index in [1.807, 2.05) is 90.1 Å². The first-order valence-corrected chi connectivity index (χ1v) is 15.4. The molecule has 3 heterocycles. The number of nitrogens with one attached hydrogen (secondary N) is 1. The molecule has 43 heavy (non-hydrogen) atoms. The molecule has 11 heteroatoms. The number of carbonyl (C=O) groups excluding carboxylic acids is 3. The monoisotopic (exact) mass is 656 g/mol. The summed E-state index contributed by atoms with van der Waals surface area (Å²) in [5.74, 6) is 0.412. The van der Waals surface area contributed by atoms with Gasteiger partial charge in [-0.05, 0) is 107 Å². The Morgan fingerprint density at radius 3 is 2.09 bits per heavy atom. The van der Waals surface area contributed by atoms with E-state index in [1.54, 1.807) is 4.90 Å². The van der Waals surface area contributed by atoms with Gasteiger partial charge in [0.05, 0.1) is 5.69 Å². The van der Waals surface area contributed by atoms with E-state index in [9.17, 15) is 14.4 Å². The first-order chi connectivity index (χ1) is 20.2. The van der Waals surface area contributed by atoms with E-state index in [1.165, 1.54) is 4.90 Å². The molecule has 1 N–H and O–H groups in total. The third kappa shape index (κ3) is 8.72. The van der Waals surface area contributed by atoms with Crippen molar-refractivity contribution in [1.29, 1.82) is 0 Å². The summed E-state index contributed by atoms with van der Waals surface area (Å²) < 4.78 is 17.5. The Balaban J connectivity index is 0.000000197. The summed E-state index contributed by atoms with van der Waals surface area (Å²) in [6.45, 7) is 12.3. The predicted molar refractivity (Wildman–Crippen MR) is 168 cm³/mol. The number of benzene rings is 2. The fourth-order valence-corrected chi connectivity index (χ4v) is 5.34. The smallest absolute Gasteiger partial charge is 0.410 e. The van der Waals surface area contributed by atoms with Gasteiger partial charge < -0.3 is 19.2 Å². The third-order valence-electron chi connectivity index (χ3n) is 6.79. The van der Waals surface area contributed by atoms with Crippen molar-refractivity contribution < 1.29 is 28.3 Å². The van der Waals surface area contributed by atoms with Gasteiger partial charge in [-0.25, -0.2) is 14.6 Å². The standard InChI is InChI=1S/C16H21BrN2O3.C16H20N2O3/c1-16(2,3)22-15(21)19-10-6-9-13(19)14(20)18-12-8-5-4-7-11(12)17;1-16(2,3)21-15(19)18-10-6-8-12(18)14-17-11-7-4-5-9-13(11)20-14/h4-5,7-8,13H,6,9-10H2,1-3H3,(H,18,20);4-5,7,9,12H,6,8,10H2,1-3H3/t13-;12-/m11/s1. The Morgan fingerprint density at radius 1 is 0.860 bits per heavy atom. The Kier molecular flexibility index (Phi) is 10.0. The van der Waals surface area contributed by atoms with Crippen LogP contribution in [0.5, 0.6) is 0 Å². The normalized spacial score (nSPS) is 18.7. The molecule has 0 bridgehead atoms. The molecule has 1 aromatic heterocycles. The molecule has 5 rings (SSSR count). The molecular weight excluding hydrogens is 616 g/mol. The number of amides is 3. The minimum Gasteiger partial charge on any atom is -0.444 e. The van der Waals surface area contributed by atoms with Gasteiger partial charge in [0.15, 0.2) is 5.58 Å². The van der Waals surface area contributed by atoms with Crippen molar-refractivity contribution in [2.45, 2.75) is 90.5 Å². The highest BCUT2D eigenvalue weighted by atomic mass is 79.9. The van der Waals surface area contributed by atoms with Crippen LogP contribution in [0.25, 0.3) is 11.1 Å². The summed E-state index contributed by atoms with van der Waals surface area (Å²) in [7, 11) is 0. The Morgan fingerprint density at radius 2 is 1.44 bits per heavy atom. The van der Waals surface area contributed by atoms with Gasteiger partial charge in [-0.3, -0.25) is 14.6 Å². The fraction of sp³-hybridized carbons (Fsp3) is 0.500. The molecule has 10 nitrogen and oxygen atoms in total. The van der Waals surface area contributed by atoms with E-state index in [0.29, 0.717) is 31.1 Å². The largest absolute Gasteiger partial charge is 0.444 e. The lowest BCUT2D eigenvalue weighted by Gasteiger charge is -2.28. The van der Waals surface area contributed by atoms with Gasteiger partial charge in [-0.15, -0.1) is 0 Å². The third-order valence-corrected chi connectivity index (χ3v) is 7.48. The van der Waals surface area contributed by atoms with Crippen LogP contribution < -0.4 is 5.32 Å². The van der Waals surface area contributed by atoms with Gasteiger partial charge in [0.1, 0.15) is 28.8 Å². The molecule has 3 aromatic rings. The lowest BCUT2D eigenvalue weighted by atomic mass is 10.2. The van der Waals surface area contributed by atoms with E-state index >= 15 is 0 Å².